The average molecular weight is 554 g/mol. The molecule has 1 aliphatic heterocycles. The van der Waals surface area contributed by atoms with Gasteiger partial charge in [-0.15, -0.1) is 0 Å². The van der Waals surface area contributed by atoms with Crippen LogP contribution in [0.1, 0.15) is 57.0 Å². The largest absolute Gasteiger partial charge is 0.327 e. The van der Waals surface area contributed by atoms with Gasteiger partial charge in [0.25, 0.3) is 5.91 Å². The van der Waals surface area contributed by atoms with Gasteiger partial charge < -0.3 is 10.2 Å². The van der Waals surface area contributed by atoms with Gasteiger partial charge in [-0.05, 0) is 73.2 Å². The third-order valence-corrected chi connectivity index (χ3v) is 8.13. The Labute approximate surface area is 236 Å². The molecular formula is C32H29F2N5O2. The molecule has 1 spiro atoms. The molecule has 6 rings (SSSR count). The summed E-state index contributed by atoms with van der Waals surface area (Å²) in [6, 6.07) is 14.3. The van der Waals surface area contributed by atoms with E-state index in [2.05, 4.69) is 21.5 Å². The number of amides is 2. The quantitative estimate of drug-likeness (QED) is 0.351. The van der Waals surface area contributed by atoms with E-state index < -0.39 is 23.1 Å². The van der Waals surface area contributed by atoms with Crippen molar-refractivity contribution in [2.75, 3.05) is 11.9 Å². The Balaban J connectivity index is 1.26. The van der Waals surface area contributed by atoms with Crippen molar-refractivity contribution < 1.29 is 18.4 Å². The maximum atomic E-state index is 14.0. The smallest absolute Gasteiger partial charge is 0.272 e. The highest BCUT2D eigenvalue weighted by Crippen LogP contribution is 2.46. The summed E-state index contributed by atoms with van der Waals surface area (Å²) < 4.78 is 29.6. The van der Waals surface area contributed by atoms with E-state index in [0.717, 1.165) is 28.3 Å². The fourth-order valence-electron chi connectivity index (χ4n) is 6.06. The van der Waals surface area contributed by atoms with Crippen LogP contribution in [0.25, 0.3) is 6.08 Å². The number of aromatic nitrogens is 3. The molecule has 3 heterocycles. The molecular weight excluding hydrogens is 524 g/mol. The van der Waals surface area contributed by atoms with Crippen molar-refractivity contribution in [3.8, 4) is 0 Å². The lowest BCUT2D eigenvalue weighted by Crippen LogP contribution is -2.35. The molecule has 41 heavy (non-hydrogen) atoms. The van der Waals surface area contributed by atoms with Gasteiger partial charge in [0.15, 0.2) is 0 Å². The minimum absolute atomic E-state index is 0.0261. The van der Waals surface area contributed by atoms with Gasteiger partial charge in [-0.1, -0.05) is 36.4 Å². The van der Waals surface area contributed by atoms with Crippen LogP contribution in [0.15, 0.2) is 66.9 Å². The first-order valence-electron chi connectivity index (χ1n) is 13.5. The second-order valence-electron chi connectivity index (χ2n) is 10.9. The van der Waals surface area contributed by atoms with Gasteiger partial charge >= 0.3 is 0 Å². The second-order valence-corrected chi connectivity index (χ2v) is 10.9. The van der Waals surface area contributed by atoms with Crippen LogP contribution in [0, 0.1) is 18.6 Å². The minimum Gasteiger partial charge on any atom is -0.327 e. The zero-order chi connectivity index (χ0) is 28.9. The van der Waals surface area contributed by atoms with Crippen LogP contribution in [0.4, 0.5) is 14.6 Å². The Bertz CT molecular complexity index is 1710. The Hall–Kier alpha value is -4.66. The number of carbonyl (C=O) groups excluding carboxylic acids is 2. The molecule has 2 amide bonds. The number of pyridine rings is 1. The maximum absolute atomic E-state index is 14.0. The first-order valence-corrected chi connectivity index (χ1v) is 13.5. The van der Waals surface area contributed by atoms with Crippen molar-refractivity contribution in [3.63, 3.8) is 0 Å². The standard InChI is InChI=1S/C32H29F2N5O2/c1-19-12-28(38(3)37-19)30(40)39(20(2)23-14-25(33)16-26(34)15-23)11-5-6-21-8-9-22-17-32(18-24(22)13-21)27-7-4-10-35-29(27)36-31(32)41/h4-10,12-16,20H,11,17-18H2,1-3H3,(H,35,36,41)/t20-,32-/m1/s1. The highest BCUT2D eigenvalue weighted by molar-refractivity contribution is 6.06. The highest BCUT2D eigenvalue weighted by Gasteiger charge is 2.51. The van der Waals surface area contributed by atoms with Crippen LogP contribution in [0.3, 0.4) is 0 Å². The number of aryl methyl sites for hydroxylation is 2. The van der Waals surface area contributed by atoms with Crippen molar-refractivity contribution >= 4 is 23.7 Å². The second kappa shape index (κ2) is 10.1. The molecule has 1 aliphatic carbocycles. The predicted octanol–water partition coefficient (Wildman–Crippen LogP) is 5.31. The van der Waals surface area contributed by atoms with Crippen LogP contribution in [0.5, 0.6) is 0 Å². The lowest BCUT2D eigenvalue weighted by atomic mass is 9.79. The van der Waals surface area contributed by atoms with Crippen LogP contribution < -0.4 is 5.32 Å². The summed E-state index contributed by atoms with van der Waals surface area (Å²) in [5, 5.41) is 7.22. The molecule has 0 bridgehead atoms. The van der Waals surface area contributed by atoms with E-state index in [1.807, 2.05) is 36.4 Å². The first-order chi connectivity index (χ1) is 19.6. The van der Waals surface area contributed by atoms with Crippen LogP contribution >= 0.6 is 0 Å². The Morgan fingerprint density at radius 1 is 1.12 bits per heavy atom. The van der Waals surface area contributed by atoms with Crippen molar-refractivity contribution in [2.24, 2.45) is 7.05 Å². The van der Waals surface area contributed by atoms with Gasteiger partial charge in [0.1, 0.15) is 23.1 Å². The molecule has 2 atom stereocenters. The van der Waals surface area contributed by atoms with Gasteiger partial charge in [-0.2, -0.15) is 5.10 Å². The van der Waals surface area contributed by atoms with Crippen molar-refractivity contribution in [3.05, 3.63) is 118 Å². The molecule has 2 aliphatic rings. The van der Waals surface area contributed by atoms with Gasteiger partial charge in [0.2, 0.25) is 5.91 Å². The third kappa shape index (κ3) is 4.71. The number of benzene rings is 2. The summed E-state index contributed by atoms with van der Waals surface area (Å²) in [5.41, 5.74) is 4.87. The first kappa shape index (κ1) is 26.6. The number of fused-ring (bicyclic) bond motifs is 3. The van der Waals surface area contributed by atoms with Gasteiger partial charge in [-0.3, -0.25) is 14.3 Å². The van der Waals surface area contributed by atoms with Gasteiger partial charge in [0.05, 0.1) is 17.2 Å². The average Bonchev–Trinajstić information content (AvgIpc) is 3.57. The number of nitrogens with zero attached hydrogens (tertiary/aromatic N) is 4. The Morgan fingerprint density at radius 2 is 1.88 bits per heavy atom. The number of rotatable bonds is 6. The summed E-state index contributed by atoms with van der Waals surface area (Å²) in [6.45, 7) is 3.75. The third-order valence-electron chi connectivity index (χ3n) is 8.13. The molecule has 0 unspecified atom stereocenters. The summed E-state index contributed by atoms with van der Waals surface area (Å²) in [4.78, 5) is 32.6. The van der Waals surface area contributed by atoms with Gasteiger partial charge in [-0.25, -0.2) is 13.8 Å². The van der Waals surface area contributed by atoms with E-state index in [4.69, 9.17) is 0 Å². The summed E-state index contributed by atoms with van der Waals surface area (Å²) in [7, 11) is 1.69. The van der Waals surface area contributed by atoms with E-state index in [-0.39, 0.29) is 18.4 Å². The fourth-order valence-corrected chi connectivity index (χ4v) is 6.06. The van der Waals surface area contributed by atoms with Crippen LogP contribution in [-0.4, -0.2) is 38.0 Å². The van der Waals surface area contributed by atoms with Crippen molar-refractivity contribution in [2.45, 2.75) is 38.1 Å². The normalized spacial score (nSPS) is 18.0. The number of hydrogen-bond acceptors (Lipinski definition) is 4. The molecule has 0 saturated heterocycles. The topological polar surface area (TPSA) is 80.1 Å². The predicted molar refractivity (Wildman–Crippen MR) is 151 cm³/mol. The Morgan fingerprint density at radius 3 is 2.61 bits per heavy atom. The molecule has 7 nitrogen and oxygen atoms in total. The van der Waals surface area contributed by atoms with Gasteiger partial charge in [0, 0.05) is 31.4 Å². The Kier molecular flexibility index (Phi) is 6.52. The monoisotopic (exact) mass is 553 g/mol. The molecule has 0 radical (unpaired) electrons. The molecule has 208 valence electrons. The van der Waals surface area contributed by atoms with Crippen molar-refractivity contribution in [1.29, 1.82) is 0 Å². The van der Waals surface area contributed by atoms with E-state index in [1.54, 1.807) is 38.1 Å². The summed E-state index contributed by atoms with van der Waals surface area (Å²) >= 11 is 0. The number of anilines is 1. The minimum atomic E-state index is -0.698. The summed E-state index contributed by atoms with van der Waals surface area (Å²) in [5.74, 6) is -1.09. The number of nitrogens with one attached hydrogen (secondary N) is 1. The molecule has 1 N–H and O–H groups in total. The van der Waals surface area contributed by atoms with E-state index >= 15 is 0 Å². The maximum Gasteiger partial charge on any atom is 0.272 e. The fraction of sp³-hybridized carbons (Fsp3) is 0.250. The van der Waals surface area contributed by atoms with E-state index in [0.29, 0.717) is 35.6 Å². The van der Waals surface area contributed by atoms with Crippen molar-refractivity contribution in [1.82, 2.24) is 19.7 Å². The highest BCUT2D eigenvalue weighted by atomic mass is 19.1. The molecule has 4 aromatic rings. The SMILES string of the molecule is Cc1cc(C(=O)N(CC=Cc2ccc3c(c2)C[C@@]2(C3)C(=O)Nc3ncccc32)[C@H](C)c2cc(F)cc(F)c2)n(C)n1. The molecule has 2 aromatic heterocycles. The van der Waals surface area contributed by atoms with Crippen LogP contribution in [0.2, 0.25) is 0 Å². The lowest BCUT2D eigenvalue weighted by Gasteiger charge is -2.28. The van der Waals surface area contributed by atoms with E-state index in [1.165, 1.54) is 16.8 Å². The zero-order valence-electron chi connectivity index (χ0n) is 23.0. The number of halogens is 2. The molecule has 9 heteroatoms. The molecule has 0 saturated carbocycles. The molecule has 0 fully saturated rings. The van der Waals surface area contributed by atoms with Crippen LogP contribution in [-0.2, 0) is 30.1 Å². The number of hydrogen-bond donors (Lipinski definition) is 1. The lowest BCUT2D eigenvalue weighted by molar-refractivity contribution is -0.120. The van der Waals surface area contributed by atoms with E-state index in [9.17, 15) is 18.4 Å². The molecule has 2 aromatic carbocycles. The summed E-state index contributed by atoms with van der Waals surface area (Å²) in [6.07, 6.45) is 6.66. The number of carbonyl (C=O) groups is 2. The zero-order valence-corrected chi connectivity index (χ0v) is 23.0.